The molecule has 1 aromatic heterocycles. The molecule has 2 unspecified atom stereocenters. The zero-order chi connectivity index (χ0) is 13.3. The van der Waals surface area contributed by atoms with E-state index in [4.69, 9.17) is 0 Å². The van der Waals surface area contributed by atoms with Crippen LogP contribution in [0.1, 0.15) is 25.5 Å². The Morgan fingerprint density at radius 3 is 2.72 bits per heavy atom. The van der Waals surface area contributed by atoms with Crippen LogP contribution >= 0.6 is 0 Å². The first-order valence-electron chi connectivity index (χ1n) is 6.04. The Hall–Kier alpha value is -1.92. The van der Waals surface area contributed by atoms with E-state index in [1.54, 1.807) is 14.0 Å². The second-order valence-electron chi connectivity index (χ2n) is 4.49. The van der Waals surface area contributed by atoms with E-state index >= 15 is 0 Å². The molecule has 2 N–H and O–H groups in total. The molecule has 1 aliphatic carbocycles. The van der Waals surface area contributed by atoms with Crippen LogP contribution in [0.5, 0.6) is 0 Å². The Morgan fingerprint density at radius 1 is 1.50 bits per heavy atom. The van der Waals surface area contributed by atoms with Crippen molar-refractivity contribution in [2.45, 2.75) is 32.7 Å². The summed E-state index contributed by atoms with van der Waals surface area (Å²) in [7, 11) is 1.69. The zero-order valence-electron chi connectivity index (χ0n) is 10.7. The number of aromatic nitrogens is 2. The predicted octanol–water partition coefficient (Wildman–Crippen LogP) is 1.95. The summed E-state index contributed by atoms with van der Waals surface area (Å²) in [6.07, 6.45) is 2.13. The number of rotatable bonds is 5. The van der Waals surface area contributed by atoms with Crippen molar-refractivity contribution in [2.24, 2.45) is 5.92 Å². The van der Waals surface area contributed by atoms with E-state index < -0.39 is 4.92 Å². The molecular weight excluding hydrogens is 234 g/mol. The van der Waals surface area contributed by atoms with Gasteiger partial charge in [0.05, 0.1) is 4.92 Å². The molecule has 2 rings (SSSR count). The standard InChI is InChI=1S/C11H17N5O2/c1-4-7-5-8(7)14-10-9(16(17)18)6(2)13-11(12-3)15-10/h7-8H,4-5H2,1-3H3,(H2,12,13,14,15). The van der Waals surface area contributed by atoms with E-state index in [1.807, 2.05) is 0 Å². The molecule has 7 nitrogen and oxygen atoms in total. The Bertz CT molecular complexity index is 477. The maximum absolute atomic E-state index is 11.1. The van der Waals surface area contributed by atoms with Crippen LogP contribution in [0.4, 0.5) is 17.5 Å². The second kappa shape index (κ2) is 4.75. The third-order valence-electron chi connectivity index (χ3n) is 3.23. The van der Waals surface area contributed by atoms with Crippen LogP contribution in [0.25, 0.3) is 0 Å². The maximum Gasteiger partial charge on any atom is 0.332 e. The van der Waals surface area contributed by atoms with Crippen molar-refractivity contribution in [2.75, 3.05) is 17.7 Å². The number of hydrogen-bond donors (Lipinski definition) is 2. The third kappa shape index (κ3) is 2.34. The first-order chi connectivity index (χ1) is 8.56. The minimum Gasteiger partial charge on any atom is -0.361 e. The van der Waals surface area contributed by atoms with Crippen molar-refractivity contribution in [3.8, 4) is 0 Å². The first-order valence-corrected chi connectivity index (χ1v) is 6.04. The average Bonchev–Trinajstić information content (AvgIpc) is 3.06. The first kappa shape index (κ1) is 12.5. The van der Waals surface area contributed by atoms with Crippen molar-refractivity contribution in [1.29, 1.82) is 0 Å². The summed E-state index contributed by atoms with van der Waals surface area (Å²) in [5.74, 6) is 1.31. The van der Waals surface area contributed by atoms with E-state index in [2.05, 4.69) is 27.5 Å². The molecule has 98 valence electrons. The molecule has 0 aromatic carbocycles. The summed E-state index contributed by atoms with van der Waals surface area (Å²) in [6, 6.07) is 0.299. The van der Waals surface area contributed by atoms with Crippen LogP contribution in [-0.2, 0) is 0 Å². The molecule has 0 radical (unpaired) electrons. The smallest absolute Gasteiger partial charge is 0.332 e. The summed E-state index contributed by atoms with van der Waals surface area (Å²) in [5.41, 5.74) is 0.339. The highest BCUT2D eigenvalue weighted by molar-refractivity contribution is 5.61. The highest BCUT2D eigenvalue weighted by atomic mass is 16.6. The molecular formula is C11H17N5O2. The Morgan fingerprint density at radius 2 is 2.22 bits per heavy atom. The molecule has 7 heteroatoms. The fourth-order valence-electron chi connectivity index (χ4n) is 2.05. The molecule has 2 atom stereocenters. The Labute approximate surface area is 105 Å². The lowest BCUT2D eigenvalue weighted by Gasteiger charge is -2.09. The average molecular weight is 251 g/mol. The lowest BCUT2D eigenvalue weighted by Crippen LogP contribution is -2.12. The van der Waals surface area contributed by atoms with Crippen LogP contribution in [0.2, 0.25) is 0 Å². The Balaban J connectivity index is 2.30. The van der Waals surface area contributed by atoms with E-state index in [9.17, 15) is 10.1 Å². The zero-order valence-corrected chi connectivity index (χ0v) is 10.7. The van der Waals surface area contributed by atoms with E-state index in [1.165, 1.54) is 0 Å². The van der Waals surface area contributed by atoms with E-state index in [0.29, 0.717) is 29.4 Å². The molecule has 1 fully saturated rings. The molecule has 0 spiro atoms. The summed E-state index contributed by atoms with van der Waals surface area (Å²) in [5, 5.41) is 17.0. The highest BCUT2D eigenvalue weighted by Crippen LogP contribution is 2.38. The van der Waals surface area contributed by atoms with Crippen LogP contribution in [0, 0.1) is 23.0 Å². The number of anilines is 2. The lowest BCUT2D eigenvalue weighted by molar-refractivity contribution is -0.385. The summed E-state index contributed by atoms with van der Waals surface area (Å²) >= 11 is 0. The number of aryl methyl sites for hydroxylation is 1. The minimum absolute atomic E-state index is 0.0317. The molecule has 1 aliphatic rings. The van der Waals surface area contributed by atoms with Gasteiger partial charge in [-0.2, -0.15) is 4.98 Å². The molecule has 18 heavy (non-hydrogen) atoms. The van der Waals surface area contributed by atoms with Gasteiger partial charge in [-0.05, 0) is 19.3 Å². The molecule has 1 saturated carbocycles. The van der Waals surface area contributed by atoms with Crippen molar-refractivity contribution in [1.82, 2.24) is 9.97 Å². The SMILES string of the molecule is CCC1CC1Nc1nc(NC)nc(C)c1[N+](=O)[O-]. The summed E-state index contributed by atoms with van der Waals surface area (Å²) in [6.45, 7) is 3.74. The van der Waals surface area contributed by atoms with Crippen molar-refractivity contribution >= 4 is 17.5 Å². The summed E-state index contributed by atoms with van der Waals surface area (Å²) < 4.78 is 0. The van der Waals surface area contributed by atoms with Crippen LogP contribution < -0.4 is 10.6 Å². The number of hydrogen-bond acceptors (Lipinski definition) is 6. The lowest BCUT2D eigenvalue weighted by atomic mass is 10.3. The predicted molar refractivity (Wildman–Crippen MR) is 68.8 cm³/mol. The van der Waals surface area contributed by atoms with Crippen molar-refractivity contribution in [3.05, 3.63) is 15.8 Å². The van der Waals surface area contributed by atoms with E-state index in [0.717, 1.165) is 12.8 Å². The van der Waals surface area contributed by atoms with Gasteiger partial charge in [-0.25, -0.2) is 4.98 Å². The largest absolute Gasteiger partial charge is 0.361 e. The summed E-state index contributed by atoms with van der Waals surface area (Å²) in [4.78, 5) is 18.8. The van der Waals surface area contributed by atoms with Crippen molar-refractivity contribution < 1.29 is 4.92 Å². The van der Waals surface area contributed by atoms with Gasteiger partial charge in [0, 0.05) is 13.1 Å². The fourth-order valence-corrected chi connectivity index (χ4v) is 2.05. The number of nitro groups is 1. The number of nitrogens with one attached hydrogen (secondary N) is 2. The topological polar surface area (TPSA) is 93.0 Å². The van der Waals surface area contributed by atoms with Gasteiger partial charge in [-0.15, -0.1) is 0 Å². The van der Waals surface area contributed by atoms with E-state index in [-0.39, 0.29) is 5.69 Å². The van der Waals surface area contributed by atoms with Gasteiger partial charge < -0.3 is 10.6 Å². The highest BCUT2D eigenvalue weighted by Gasteiger charge is 2.37. The maximum atomic E-state index is 11.1. The molecule has 1 heterocycles. The quantitative estimate of drug-likeness (QED) is 0.613. The monoisotopic (exact) mass is 251 g/mol. The third-order valence-corrected chi connectivity index (χ3v) is 3.23. The Kier molecular flexibility index (Phi) is 3.31. The molecule has 0 amide bonds. The fraction of sp³-hybridized carbons (Fsp3) is 0.636. The van der Waals surface area contributed by atoms with Gasteiger partial charge in [0.25, 0.3) is 0 Å². The van der Waals surface area contributed by atoms with Gasteiger partial charge in [0.15, 0.2) is 0 Å². The van der Waals surface area contributed by atoms with Gasteiger partial charge >= 0.3 is 5.69 Å². The normalized spacial score (nSPS) is 21.5. The van der Waals surface area contributed by atoms with Crippen LogP contribution in [0.3, 0.4) is 0 Å². The van der Waals surface area contributed by atoms with Gasteiger partial charge in [-0.1, -0.05) is 13.3 Å². The van der Waals surface area contributed by atoms with Gasteiger partial charge in [0.1, 0.15) is 5.69 Å². The number of nitrogens with zero attached hydrogens (tertiary/aromatic N) is 3. The van der Waals surface area contributed by atoms with Crippen molar-refractivity contribution in [3.63, 3.8) is 0 Å². The van der Waals surface area contributed by atoms with Crippen LogP contribution in [0.15, 0.2) is 0 Å². The van der Waals surface area contributed by atoms with Crippen LogP contribution in [-0.4, -0.2) is 28.0 Å². The molecule has 0 aliphatic heterocycles. The second-order valence-corrected chi connectivity index (χ2v) is 4.49. The van der Waals surface area contributed by atoms with Gasteiger partial charge in [-0.3, -0.25) is 10.1 Å². The molecule has 1 aromatic rings. The molecule has 0 saturated heterocycles. The van der Waals surface area contributed by atoms with Gasteiger partial charge in [0.2, 0.25) is 11.8 Å². The molecule has 0 bridgehead atoms. The minimum atomic E-state index is -0.430.